The van der Waals surface area contributed by atoms with Crippen molar-refractivity contribution in [2.24, 2.45) is 0 Å². The number of hydrogen-bond donors (Lipinski definition) is 1. The minimum atomic E-state index is -0.872. The monoisotopic (exact) mass is 468 g/mol. The van der Waals surface area contributed by atoms with E-state index in [-0.39, 0.29) is 23.6 Å². The van der Waals surface area contributed by atoms with E-state index in [4.69, 9.17) is 14.2 Å². The Bertz CT molecular complexity index is 1140. The first-order valence-electron chi connectivity index (χ1n) is 10.6. The van der Waals surface area contributed by atoms with Crippen molar-refractivity contribution in [2.45, 2.75) is 13.0 Å². The highest BCUT2D eigenvalue weighted by atomic mass is 16.5. The van der Waals surface area contributed by atoms with Crippen LogP contribution in [0.15, 0.2) is 48.0 Å². The number of benzene rings is 2. The van der Waals surface area contributed by atoms with Crippen LogP contribution in [0.2, 0.25) is 0 Å². The quantitative estimate of drug-likeness (QED) is 0.207. The first kappa shape index (κ1) is 24.8. The van der Waals surface area contributed by atoms with Gasteiger partial charge in [0.1, 0.15) is 11.5 Å². The fourth-order valence-corrected chi connectivity index (χ4v) is 3.82. The Kier molecular flexibility index (Phi) is 7.57. The molecule has 1 atom stereocenters. The molecule has 2 aromatic carbocycles. The summed E-state index contributed by atoms with van der Waals surface area (Å²) < 4.78 is 15.7. The van der Waals surface area contributed by atoms with Crippen LogP contribution in [0.3, 0.4) is 0 Å². The van der Waals surface area contributed by atoms with Crippen LogP contribution < -0.4 is 14.2 Å². The molecule has 1 aliphatic rings. The van der Waals surface area contributed by atoms with Crippen molar-refractivity contribution in [1.29, 1.82) is 0 Å². The molecule has 1 N–H and O–H groups in total. The second kappa shape index (κ2) is 10.4. The van der Waals surface area contributed by atoms with E-state index in [0.29, 0.717) is 29.2 Å². The lowest BCUT2D eigenvalue weighted by Crippen LogP contribution is -2.35. The maximum absolute atomic E-state index is 13.1. The van der Waals surface area contributed by atoms with Gasteiger partial charge in [0.25, 0.3) is 11.7 Å². The number of rotatable bonds is 8. The molecule has 0 bridgehead atoms. The van der Waals surface area contributed by atoms with Crippen LogP contribution in [0.1, 0.15) is 24.1 Å². The Morgan fingerprint density at radius 3 is 2.38 bits per heavy atom. The Morgan fingerprint density at radius 1 is 1.06 bits per heavy atom. The number of likely N-dealkylation sites (N-methyl/N-ethyl adjacent to an activating group) is 1. The van der Waals surface area contributed by atoms with Gasteiger partial charge in [-0.2, -0.15) is 0 Å². The van der Waals surface area contributed by atoms with Gasteiger partial charge in [0, 0.05) is 25.6 Å². The van der Waals surface area contributed by atoms with Gasteiger partial charge < -0.3 is 29.1 Å². The molecule has 0 spiro atoms. The SMILES string of the molecule is COc1ccc(/C(O)=C2\C(=O)C(=O)N(CCN(C)C)C2c2cccc(OC(C)=O)c2)cc1OC. The van der Waals surface area contributed by atoms with Crippen LogP contribution in [-0.2, 0) is 14.4 Å². The van der Waals surface area contributed by atoms with Crippen molar-refractivity contribution in [1.82, 2.24) is 9.80 Å². The Morgan fingerprint density at radius 2 is 1.76 bits per heavy atom. The summed E-state index contributed by atoms with van der Waals surface area (Å²) in [5.41, 5.74) is 0.763. The molecule has 0 aromatic heterocycles. The minimum absolute atomic E-state index is 0.0593. The average Bonchev–Trinajstić information content (AvgIpc) is 3.06. The molecule has 9 heteroatoms. The van der Waals surface area contributed by atoms with Crippen LogP contribution in [0, 0.1) is 0 Å². The number of likely N-dealkylation sites (tertiary alicyclic amines) is 1. The first-order valence-corrected chi connectivity index (χ1v) is 10.6. The van der Waals surface area contributed by atoms with E-state index < -0.39 is 23.7 Å². The molecule has 180 valence electrons. The van der Waals surface area contributed by atoms with E-state index in [0.717, 1.165) is 0 Å². The normalized spacial score (nSPS) is 17.2. The zero-order chi connectivity index (χ0) is 25.0. The third kappa shape index (κ3) is 5.04. The highest BCUT2D eigenvalue weighted by molar-refractivity contribution is 6.46. The van der Waals surface area contributed by atoms with Gasteiger partial charge >= 0.3 is 5.97 Å². The number of Topliss-reactive ketones (excluding diaryl/α,β-unsaturated/α-hetero) is 1. The number of esters is 1. The lowest BCUT2D eigenvalue weighted by molar-refractivity contribution is -0.140. The van der Waals surface area contributed by atoms with Crippen molar-refractivity contribution in [3.63, 3.8) is 0 Å². The molecular formula is C25H28N2O7. The topological polar surface area (TPSA) is 106 Å². The first-order chi connectivity index (χ1) is 16.2. The molecule has 1 fully saturated rings. The number of carbonyl (C=O) groups excluding carboxylic acids is 3. The van der Waals surface area contributed by atoms with Crippen molar-refractivity contribution < 1.29 is 33.7 Å². The highest BCUT2D eigenvalue weighted by Gasteiger charge is 2.46. The lowest BCUT2D eigenvalue weighted by Gasteiger charge is -2.26. The summed E-state index contributed by atoms with van der Waals surface area (Å²) in [6.45, 7) is 2.04. The highest BCUT2D eigenvalue weighted by Crippen LogP contribution is 2.41. The van der Waals surface area contributed by atoms with E-state index in [2.05, 4.69) is 0 Å². The standard InChI is InChI=1S/C25H28N2O7/c1-15(28)34-18-8-6-7-16(13-18)22-21(24(30)25(31)27(22)12-11-26(2)3)23(29)17-9-10-19(32-4)20(14-17)33-5/h6-10,13-14,22,29H,11-12H2,1-5H3/b23-21+. The van der Waals surface area contributed by atoms with Crippen LogP contribution >= 0.6 is 0 Å². The summed E-state index contributed by atoms with van der Waals surface area (Å²) in [6, 6.07) is 10.4. The predicted octanol–water partition coefficient (Wildman–Crippen LogP) is 2.61. The lowest BCUT2D eigenvalue weighted by atomic mass is 9.95. The number of methoxy groups -OCH3 is 2. The van der Waals surface area contributed by atoms with Gasteiger partial charge in [-0.1, -0.05) is 12.1 Å². The fourth-order valence-electron chi connectivity index (χ4n) is 3.82. The summed E-state index contributed by atoms with van der Waals surface area (Å²) in [7, 11) is 6.67. The molecule has 0 aliphatic carbocycles. The molecular weight excluding hydrogens is 440 g/mol. The maximum Gasteiger partial charge on any atom is 0.308 e. The van der Waals surface area contributed by atoms with E-state index >= 15 is 0 Å². The minimum Gasteiger partial charge on any atom is -0.507 e. The molecule has 1 amide bonds. The second-order valence-electron chi connectivity index (χ2n) is 8.03. The number of ether oxygens (including phenoxy) is 3. The van der Waals surface area contributed by atoms with Crippen molar-refractivity contribution in [3.8, 4) is 17.2 Å². The Hall–Kier alpha value is -3.85. The smallest absolute Gasteiger partial charge is 0.308 e. The molecule has 1 aliphatic heterocycles. The van der Waals surface area contributed by atoms with Crippen molar-refractivity contribution in [2.75, 3.05) is 41.4 Å². The van der Waals surface area contributed by atoms with E-state index in [1.165, 1.54) is 32.1 Å². The molecule has 3 rings (SSSR count). The molecule has 0 saturated carbocycles. The van der Waals surface area contributed by atoms with Gasteiger partial charge in [-0.15, -0.1) is 0 Å². The third-order valence-electron chi connectivity index (χ3n) is 5.42. The van der Waals surface area contributed by atoms with Crippen LogP contribution in [0.4, 0.5) is 0 Å². The molecule has 9 nitrogen and oxygen atoms in total. The van der Waals surface area contributed by atoms with Crippen molar-refractivity contribution >= 4 is 23.4 Å². The number of carbonyl (C=O) groups is 3. The summed E-state index contributed by atoms with van der Waals surface area (Å²) in [5.74, 6) is -1.26. The maximum atomic E-state index is 13.1. The van der Waals surface area contributed by atoms with Gasteiger partial charge in [-0.3, -0.25) is 14.4 Å². The van der Waals surface area contributed by atoms with Gasteiger partial charge in [-0.25, -0.2) is 0 Å². The molecule has 0 radical (unpaired) electrons. The van der Waals surface area contributed by atoms with E-state index in [1.807, 2.05) is 19.0 Å². The molecule has 34 heavy (non-hydrogen) atoms. The molecule has 1 saturated heterocycles. The Labute approximate surface area is 198 Å². The van der Waals surface area contributed by atoms with Gasteiger partial charge in [0.05, 0.1) is 25.8 Å². The number of nitrogens with zero attached hydrogens (tertiary/aromatic N) is 2. The number of aliphatic hydroxyl groups is 1. The molecule has 1 heterocycles. The molecule has 1 unspecified atom stereocenters. The summed E-state index contributed by atoms with van der Waals surface area (Å²) in [4.78, 5) is 40.9. The number of hydrogen-bond acceptors (Lipinski definition) is 8. The zero-order valence-electron chi connectivity index (χ0n) is 19.8. The summed E-state index contributed by atoms with van der Waals surface area (Å²) in [5, 5.41) is 11.2. The van der Waals surface area contributed by atoms with Crippen LogP contribution in [0.25, 0.3) is 5.76 Å². The van der Waals surface area contributed by atoms with E-state index in [1.54, 1.807) is 36.4 Å². The largest absolute Gasteiger partial charge is 0.507 e. The molecule has 2 aromatic rings. The zero-order valence-corrected chi connectivity index (χ0v) is 19.8. The fraction of sp³-hybridized carbons (Fsp3) is 0.320. The van der Waals surface area contributed by atoms with Gasteiger partial charge in [0.15, 0.2) is 11.5 Å². The van der Waals surface area contributed by atoms with Gasteiger partial charge in [-0.05, 0) is 50.0 Å². The third-order valence-corrected chi connectivity index (χ3v) is 5.42. The average molecular weight is 469 g/mol. The summed E-state index contributed by atoms with van der Waals surface area (Å²) in [6.07, 6.45) is 0. The predicted molar refractivity (Wildman–Crippen MR) is 125 cm³/mol. The second-order valence-corrected chi connectivity index (χ2v) is 8.03. The van der Waals surface area contributed by atoms with Crippen molar-refractivity contribution in [3.05, 3.63) is 59.2 Å². The number of aliphatic hydroxyl groups excluding tert-OH is 1. The van der Waals surface area contributed by atoms with Gasteiger partial charge in [0.2, 0.25) is 0 Å². The Balaban J connectivity index is 2.18. The van der Waals surface area contributed by atoms with Crippen LogP contribution in [0.5, 0.6) is 17.2 Å². The van der Waals surface area contributed by atoms with Crippen LogP contribution in [-0.4, -0.2) is 74.0 Å². The van der Waals surface area contributed by atoms with E-state index in [9.17, 15) is 19.5 Å². The summed E-state index contributed by atoms with van der Waals surface area (Å²) >= 11 is 0. The number of amides is 1. The number of ketones is 1.